The van der Waals surface area contributed by atoms with Crippen LogP contribution in [-0.4, -0.2) is 14.7 Å². The maximum absolute atomic E-state index is 10.6. The molecule has 2 N–H and O–H groups in total. The molecule has 5 heteroatoms. The lowest BCUT2D eigenvalue weighted by Gasteiger charge is -1.86. The van der Waals surface area contributed by atoms with Crippen LogP contribution in [0.2, 0.25) is 0 Å². The van der Waals surface area contributed by atoms with Crippen molar-refractivity contribution in [1.29, 1.82) is 0 Å². The molecule has 9 heavy (non-hydrogen) atoms. The van der Waals surface area contributed by atoms with Gasteiger partial charge in [0.2, 0.25) is 5.88 Å². The van der Waals surface area contributed by atoms with Crippen LogP contribution in [0.1, 0.15) is 0 Å². The predicted molar refractivity (Wildman–Crippen MR) is 35.4 cm³/mol. The van der Waals surface area contributed by atoms with E-state index in [1.54, 1.807) is 7.05 Å². The Morgan fingerprint density at radius 3 is 2.44 bits per heavy atom. The first kappa shape index (κ1) is 6.41. The second kappa shape index (κ2) is 1.91. The zero-order valence-electron chi connectivity index (χ0n) is 4.68. The smallest absolute Gasteiger partial charge is 0.329 e. The van der Waals surface area contributed by atoms with Crippen LogP contribution in [0.15, 0.2) is 9.40 Å². The van der Waals surface area contributed by atoms with Gasteiger partial charge in [0.25, 0.3) is 0 Å². The molecule has 1 aromatic rings. The topological polar surface area (TPSA) is 58.0 Å². The zero-order valence-corrected chi connectivity index (χ0v) is 6.27. The summed E-state index contributed by atoms with van der Waals surface area (Å²) in [7, 11) is 1.54. The summed E-state index contributed by atoms with van der Waals surface area (Å²) in [6.45, 7) is 0. The van der Waals surface area contributed by atoms with Crippen molar-refractivity contribution in [3.05, 3.63) is 15.1 Å². The number of H-pyrrole nitrogens is 1. The Balaban J connectivity index is 3.47. The van der Waals surface area contributed by atoms with Crippen LogP contribution in [0.25, 0.3) is 0 Å². The van der Waals surface area contributed by atoms with Crippen molar-refractivity contribution in [2.75, 3.05) is 0 Å². The van der Waals surface area contributed by atoms with E-state index in [2.05, 4.69) is 20.9 Å². The summed E-state index contributed by atoms with van der Waals surface area (Å²) in [4.78, 5) is 12.8. The van der Waals surface area contributed by atoms with Crippen LogP contribution in [0, 0.1) is 0 Å². The molecular formula is C4H5BrN2O2. The maximum atomic E-state index is 10.6. The van der Waals surface area contributed by atoms with Crippen LogP contribution in [0.5, 0.6) is 5.88 Å². The molecule has 4 nitrogen and oxygen atoms in total. The molecule has 0 unspecified atom stereocenters. The number of imidazole rings is 1. The minimum atomic E-state index is -0.334. The fourth-order valence-corrected chi connectivity index (χ4v) is 0.745. The van der Waals surface area contributed by atoms with Gasteiger partial charge in [0.15, 0.2) is 0 Å². The molecule has 0 spiro atoms. The van der Waals surface area contributed by atoms with E-state index in [4.69, 9.17) is 5.11 Å². The molecule has 0 amide bonds. The van der Waals surface area contributed by atoms with E-state index < -0.39 is 0 Å². The molecular weight excluding hydrogens is 188 g/mol. The van der Waals surface area contributed by atoms with E-state index in [-0.39, 0.29) is 11.6 Å². The fraction of sp³-hybridized carbons (Fsp3) is 0.250. The predicted octanol–water partition coefficient (Wildman–Crippen LogP) is 0.181. The van der Waals surface area contributed by atoms with Gasteiger partial charge in [0.1, 0.15) is 4.60 Å². The molecule has 0 radical (unpaired) electrons. The summed E-state index contributed by atoms with van der Waals surface area (Å²) in [5.41, 5.74) is -0.334. The van der Waals surface area contributed by atoms with E-state index in [1.165, 1.54) is 4.57 Å². The summed E-state index contributed by atoms with van der Waals surface area (Å²) in [6, 6.07) is 0. The third-order valence-corrected chi connectivity index (χ3v) is 1.93. The van der Waals surface area contributed by atoms with Crippen LogP contribution in [0.3, 0.4) is 0 Å². The highest BCUT2D eigenvalue weighted by atomic mass is 79.9. The first-order valence-corrected chi connectivity index (χ1v) is 3.05. The van der Waals surface area contributed by atoms with E-state index in [1.807, 2.05) is 0 Å². The van der Waals surface area contributed by atoms with Crippen molar-refractivity contribution in [3.8, 4) is 5.88 Å². The Morgan fingerprint density at radius 2 is 2.33 bits per heavy atom. The van der Waals surface area contributed by atoms with Crippen molar-refractivity contribution >= 4 is 15.9 Å². The van der Waals surface area contributed by atoms with Crippen LogP contribution in [-0.2, 0) is 7.05 Å². The lowest BCUT2D eigenvalue weighted by Crippen LogP contribution is -2.12. The molecule has 0 bridgehead atoms. The van der Waals surface area contributed by atoms with Gasteiger partial charge in [-0.3, -0.25) is 9.55 Å². The number of halogens is 1. The van der Waals surface area contributed by atoms with Gasteiger partial charge in [-0.25, -0.2) is 4.79 Å². The molecule has 1 aromatic heterocycles. The summed E-state index contributed by atoms with van der Waals surface area (Å²) in [5, 5.41) is 8.80. The number of hydrogen-bond donors (Lipinski definition) is 2. The van der Waals surface area contributed by atoms with Gasteiger partial charge >= 0.3 is 5.69 Å². The van der Waals surface area contributed by atoms with Crippen LogP contribution in [0.4, 0.5) is 0 Å². The van der Waals surface area contributed by atoms with E-state index in [9.17, 15) is 4.79 Å². The van der Waals surface area contributed by atoms with Crippen molar-refractivity contribution < 1.29 is 5.11 Å². The Hall–Kier alpha value is -0.710. The van der Waals surface area contributed by atoms with Crippen molar-refractivity contribution in [3.63, 3.8) is 0 Å². The maximum Gasteiger partial charge on any atom is 0.329 e. The Kier molecular flexibility index (Phi) is 1.36. The molecule has 50 valence electrons. The lowest BCUT2D eigenvalue weighted by atomic mass is 10.8. The van der Waals surface area contributed by atoms with Gasteiger partial charge in [-0.15, -0.1) is 0 Å². The molecule has 0 aromatic carbocycles. The molecule has 0 fully saturated rings. The quantitative estimate of drug-likeness (QED) is 0.617. The van der Waals surface area contributed by atoms with Crippen molar-refractivity contribution in [1.82, 2.24) is 9.55 Å². The highest BCUT2D eigenvalue weighted by molar-refractivity contribution is 9.10. The largest absolute Gasteiger partial charge is 0.493 e. The third kappa shape index (κ3) is 0.873. The fourth-order valence-electron chi connectivity index (χ4n) is 0.485. The van der Waals surface area contributed by atoms with Crippen molar-refractivity contribution in [2.24, 2.45) is 7.05 Å². The van der Waals surface area contributed by atoms with E-state index in [0.29, 0.717) is 4.60 Å². The average Bonchev–Trinajstić information content (AvgIpc) is 1.98. The second-order valence-corrected chi connectivity index (χ2v) is 2.38. The number of nitrogens with one attached hydrogen (secondary N) is 1. The summed E-state index contributed by atoms with van der Waals surface area (Å²) >= 11 is 2.98. The van der Waals surface area contributed by atoms with Crippen LogP contribution >= 0.6 is 15.9 Å². The second-order valence-electron chi connectivity index (χ2n) is 1.63. The normalized spacial score (nSPS) is 10.0. The Morgan fingerprint density at radius 1 is 1.78 bits per heavy atom. The molecule has 0 aliphatic carbocycles. The monoisotopic (exact) mass is 192 g/mol. The van der Waals surface area contributed by atoms with Gasteiger partial charge in [0, 0.05) is 7.05 Å². The van der Waals surface area contributed by atoms with E-state index >= 15 is 0 Å². The van der Waals surface area contributed by atoms with Gasteiger partial charge < -0.3 is 5.11 Å². The lowest BCUT2D eigenvalue weighted by molar-refractivity contribution is 0.451. The SMILES string of the molecule is Cn1c(Br)c(O)[nH]c1=O. The van der Waals surface area contributed by atoms with Gasteiger partial charge in [-0.1, -0.05) is 0 Å². The highest BCUT2D eigenvalue weighted by Crippen LogP contribution is 2.16. The minimum Gasteiger partial charge on any atom is -0.493 e. The van der Waals surface area contributed by atoms with Crippen LogP contribution < -0.4 is 5.69 Å². The number of hydrogen-bond acceptors (Lipinski definition) is 2. The van der Waals surface area contributed by atoms with E-state index in [0.717, 1.165) is 0 Å². The minimum absolute atomic E-state index is 0.137. The van der Waals surface area contributed by atoms with Gasteiger partial charge in [-0.2, -0.15) is 0 Å². The molecule has 0 saturated carbocycles. The number of rotatable bonds is 0. The number of nitrogens with zero attached hydrogens (tertiary/aromatic N) is 1. The number of aromatic nitrogens is 2. The first-order valence-electron chi connectivity index (χ1n) is 2.26. The van der Waals surface area contributed by atoms with Gasteiger partial charge in [-0.05, 0) is 15.9 Å². The molecule has 0 aliphatic rings. The van der Waals surface area contributed by atoms with Gasteiger partial charge in [0.05, 0.1) is 0 Å². The van der Waals surface area contributed by atoms with Crippen molar-refractivity contribution in [2.45, 2.75) is 0 Å². The molecule has 1 heterocycles. The summed E-state index contributed by atoms with van der Waals surface area (Å²) < 4.78 is 1.63. The highest BCUT2D eigenvalue weighted by Gasteiger charge is 2.04. The summed E-state index contributed by atoms with van der Waals surface area (Å²) in [6.07, 6.45) is 0. The number of aromatic amines is 1. The molecule has 0 atom stereocenters. The Bertz CT molecular complexity index is 275. The summed E-state index contributed by atoms with van der Waals surface area (Å²) in [5.74, 6) is -0.137. The molecule has 0 aliphatic heterocycles. The average molecular weight is 193 g/mol. The molecule has 1 rings (SSSR count). The zero-order chi connectivity index (χ0) is 7.02. The standard InChI is InChI=1S/C4H5BrN2O2/c1-7-2(5)3(8)6-4(7)9/h8H,1H3,(H,6,9). The third-order valence-electron chi connectivity index (χ3n) is 1.02. The first-order chi connectivity index (χ1) is 4.13. The molecule has 0 saturated heterocycles. The Labute approximate surface area is 59.3 Å². The number of aromatic hydroxyl groups is 1.